The molecule has 1 aromatic heterocycles. The summed E-state index contributed by atoms with van der Waals surface area (Å²) < 4.78 is 2.04. The number of hydrogen-bond acceptors (Lipinski definition) is 3. The molecule has 3 aromatic rings. The van der Waals surface area contributed by atoms with Gasteiger partial charge in [0.05, 0.1) is 11.4 Å². The zero-order valence-electron chi connectivity index (χ0n) is 16.1. The first-order valence-corrected chi connectivity index (χ1v) is 10.4. The Kier molecular flexibility index (Phi) is 5.35. The average Bonchev–Trinajstić information content (AvgIpc) is 3.26. The van der Waals surface area contributed by atoms with Gasteiger partial charge in [0.1, 0.15) is 0 Å². The van der Waals surface area contributed by atoms with Crippen molar-refractivity contribution in [2.24, 2.45) is 0 Å². The van der Waals surface area contributed by atoms with E-state index in [1.807, 2.05) is 47.2 Å². The number of hydrogen-bond donors (Lipinski definition) is 0. The quantitative estimate of drug-likeness (QED) is 0.485. The van der Waals surface area contributed by atoms with Crippen molar-refractivity contribution in [3.05, 3.63) is 93.1 Å². The van der Waals surface area contributed by atoms with E-state index in [-0.39, 0.29) is 17.7 Å². The number of thioether (sulfide) groups is 1. The molecule has 2 amide bonds. The maximum Gasteiger partial charge on any atom is 0.293 e. The molecule has 1 fully saturated rings. The summed E-state index contributed by atoms with van der Waals surface area (Å²) in [7, 11) is 0. The van der Waals surface area contributed by atoms with Crippen LogP contribution in [-0.4, -0.2) is 20.6 Å². The summed E-state index contributed by atoms with van der Waals surface area (Å²) in [5, 5.41) is 0.357. The van der Waals surface area contributed by atoms with Crippen LogP contribution in [0.25, 0.3) is 11.8 Å². The third kappa shape index (κ3) is 3.88. The summed E-state index contributed by atoms with van der Waals surface area (Å²) in [6.07, 6.45) is 3.75. The molecule has 0 aliphatic carbocycles. The molecule has 0 spiro atoms. The predicted molar refractivity (Wildman–Crippen MR) is 118 cm³/mol. The predicted octanol–water partition coefficient (Wildman–Crippen LogP) is 5.98. The van der Waals surface area contributed by atoms with Gasteiger partial charge < -0.3 is 4.57 Å². The summed E-state index contributed by atoms with van der Waals surface area (Å²) in [6, 6.07) is 17.2. The molecule has 6 heteroatoms. The summed E-state index contributed by atoms with van der Waals surface area (Å²) in [4.78, 5) is 27.0. The van der Waals surface area contributed by atoms with Gasteiger partial charge in [-0.05, 0) is 78.7 Å². The molecule has 4 nitrogen and oxygen atoms in total. The lowest BCUT2D eigenvalue weighted by Gasteiger charge is -2.13. The number of nitrogens with zero attached hydrogens (tertiary/aromatic N) is 2. The van der Waals surface area contributed by atoms with E-state index in [1.54, 1.807) is 18.2 Å². The zero-order chi connectivity index (χ0) is 20.5. The Labute approximate surface area is 178 Å². The number of imide groups is 1. The topological polar surface area (TPSA) is 42.3 Å². The van der Waals surface area contributed by atoms with Crippen LogP contribution in [0.5, 0.6) is 0 Å². The third-order valence-electron chi connectivity index (χ3n) is 5.02. The van der Waals surface area contributed by atoms with Crippen molar-refractivity contribution in [1.82, 2.24) is 9.47 Å². The number of rotatable bonds is 4. The van der Waals surface area contributed by atoms with Crippen LogP contribution in [0.4, 0.5) is 4.79 Å². The Bertz CT molecular complexity index is 1130. The molecular weight excluding hydrogens is 404 g/mol. The summed E-state index contributed by atoms with van der Waals surface area (Å²) >= 11 is 6.88. The van der Waals surface area contributed by atoms with Gasteiger partial charge in [-0.1, -0.05) is 35.9 Å². The molecule has 4 rings (SSSR count). The number of aryl methyl sites for hydroxylation is 1. The highest BCUT2D eigenvalue weighted by atomic mass is 35.5. The van der Waals surface area contributed by atoms with Crippen LogP contribution in [0.1, 0.15) is 22.4 Å². The van der Waals surface area contributed by atoms with Gasteiger partial charge in [-0.2, -0.15) is 0 Å². The van der Waals surface area contributed by atoms with Crippen LogP contribution >= 0.6 is 23.4 Å². The normalized spacial score (nSPS) is 15.6. The van der Waals surface area contributed by atoms with E-state index in [2.05, 4.69) is 19.9 Å². The zero-order valence-corrected chi connectivity index (χ0v) is 17.6. The molecule has 0 saturated carbocycles. The van der Waals surface area contributed by atoms with E-state index in [0.717, 1.165) is 28.7 Å². The number of amides is 2. The van der Waals surface area contributed by atoms with Crippen molar-refractivity contribution in [1.29, 1.82) is 0 Å². The number of carbonyl (C=O) groups is 2. The SMILES string of the molecule is Cc1cccc(-n2cccc2/C=C2/SC(=O)N(Cc3ccc(Cl)cc3)C2=O)c1C. The summed E-state index contributed by atoms with van der Waals surface area (Å²) in [5.41, 5.74) is 5.15. The second-order valence-electron chi connectivity index (χ2n) is 6.92. The lowest BCUT2D eigenvalue weighted by Crippen LogP contribution is -2.27. The maximum atomic E-state index is 12.9. The van der Waals surface area contributed by atoms with Crippen molar-refractivity contribution in [2.75, 3.05) is 0 Å². The molecule has 0 radical (unpaired) electrons. The fraction of sp³-hybridized carbons (Fsp3) is 0.130. The minimum atomic E-state index is -0.274. The highest BCUT2D eigenvalue weighted by Crippen LogP contribution is 2.34. The first kappa shape index (κ1) is 19.6. The van der Waals surface area contributed by atoms with Crippen LogP contribution in [0.3, 0.4) is 0 Å². The van der Waals surface area contributed by atoms with Crippen LogP contribution in [0, 0.1) is 13.8 Å². The molecule has 1 saturated heterocycles. The van der Waals surface area contributed by atoms with E-state index >= 15 is 0 Å². The fourth-order valence-corrected chi connectivity index (χ4v) is 4.22. The van der Waals surface area contributed by atoms with Gasteiger partial charge >= 0.3 is 0 Å². The van der Waals surface area contributed by atoms with Gasteiger partial charge in [-0.25, -0.2) is 0 Å². The summed E-state index contributed by atoms with van der Waals surface area (Å²) in [5.74, 6) is -0.274. The molecule has 0 unspecified atom stereocenters. The number of carbonyl (C=O) groups excluding carboxylic acids is 2. The summed E-state index contributed by atoms with van der Waals surface area (Å²) in [6.45, 7) is 4.38. The lowest BCUT2D eigenvalue weighted by atomic mass is 10.1. The minimum Gasteiger partial charge on any atom is -0.317 e. The Morgan fingerprint density at radius 3 is 2.52 bits per heavy atom. The van der Waals surface area contributed by atoms with Crippen molar-refractivity contribution < 1.29 is 9.59 Å². The maximum absolute atomic E-state index is 12.9. The van der Waals surface area contributed by atoms with Gasteiger partial charge in [0.25, 0.3) is 11.1 Å². The van der Waals surface area contributed by atoms with E-state index < -0.39 is 0 Å². The lowest BCUT2D eigenvalue weighted by molar-refractivity contribution is -0.123. The molecule has 0 N–H and O–H groups in total. The van der Waals surface area contributed by atoms with E-state index in [1.165, 1.54) is 16.0 Å². The van der Waals surface area contributed by atoms with Gasteiger partial charge in [0.2, 0.25) is 0 Å². The van der Waals surface area contributed by atoms with Crippen molar-refractivity contribution in [3.8, 4) is 5.69 Å². The number of benzene rings is 2. The molecule has 1 aliphatic rings. The highest BCUT2D eigenvalue weighted by Gasteiger charge is 2.35. The van der Waals surface area contributed by atoms with Crippen LogP contribution in [0.15, 0.2) is 65.7 Å². The second kappa shape index (κ2) is 7.93. The Balaban J connectivity index is 1.62. The monoisotopic (exact) mass is 422 g/mol. The molecular formula is C23H19ClN2O2S. The molecule has 2 heterocycles. The molecule has 2 aromatic carbocycles. The smallest absolute Gasteiger partial charge is 0.293 e. The molecule has 0 atom stereocenters. The van der Waals surface area contributed by atoms with Crippen LogP contribution in [0.2, 0.25) is 5.02 Å². The highest BCUT2D eigenvalue weighted by molar-refractivity contribution is 8.18. The number of aromatic nitrogens is 1. The first-order chi connectivity index (χ1) is 13.9. The standard InChI is InChI=1S/C23H19ClN2O2S/c1-15-5-3-7-20(16(15)2)25-12-4-6-19(25)13-21-22(27)26(23(28)29-21)14-17-8-10-18(24)11-9-17/h3-13H,14H2,1-2H3/b21-13+. The van der Waals surface area contributed by atoms with Crippen molar-refractivity contribution in [2.45, 2.75) is 20.4 Å². The van der Waals surface area contributed by atoms with Crippen LogP contribution in [-0.2, 0) is 11.3 Å². The van der Waals surface area contributed by atoms with E-state index in [0.29, 0.717) is 9.93 Å². The molecule has 146 valence electrons. The van der Waals surface area contributed by atoms with E-state index in [9.17, 15) is 9.59 Å². The second-order valence-corrected chi connectivity index (χ2v) is 8.35. The van der Waals surface area contributed by atoms with Gasteiger partial charge in [0.15, 0.2) is 0 Å². The Morgan fingerprint density at radius 1 is 1.00 bits per heavy atom. The Hall–Kier alpha value is -2.76. The van der Waals surface area contributed by atoms with Crippen molar-refractivity contribution in [3.63, 3.8) is 0 Å². The van der Waals surface area contributed by atoms with E-state index in [4.69, 9.17) is 11.6 Å². The van der Waals surface area contributed by atoms with Crippen molar-refractivity contribution >= 4 is 40.6 Å². The average molecular weight is 423 g/mol. The Morgan fingerprint density at radius 2 is 1.76 bits per heavy atom. The molecule has 0 bridgehead atoms. The minimum absolute atomic E-state index is 0.233. The first-order valence-electron chi connectivity index (χ1n) is 9.18. The van der Waals surface area contributed by atoms with Gasteiger partial charge in [-0.3, -0.25) is 14.5 Å². The van der Waals surface area contributed by atoms with Crippen LogP contribution < -0.4 is 0 Å². The molecule has 29 heavy (non-hydrogen) atoms. The van der Waals surface area contributed by atoms with Gasteiger partial charge in [-0.15, -0.1) is 0 Å². The third-order valence-corrected chi connectivity index (χ3v) is 6.18. The van der Waals surface area contributed by atoms with Gasteiger partial charge in [0, 0.05) is 22.6 Å². The number of halogens is 1. The largest absolute Gasteiger partial charge is 0.317 e. The molecule has 1 aliphatic heterocycles. The fourth-order valence-electron chi connectivity index (χ4n) is 3.27.